The third kappa shape index (κ3) is 26.4. The zero-order valence-electron chi connectivity index (χ0n) is 59.5. The number of halogens is 1. The molecule has 105 heavy (non-hydrogen) atoms. The molecule has 5 aromatic rings. The number of nitrogens with zero attached hydrogens (tertiary/aromatic N) is 7. The highest BCUT2D eigenvalue weighted by molar-refractivity contribution is 6.06. The van der Waals surface area contributed by atoms with E-state index in [1.54, 1.807) is 30.5 Å². The van der Waals surface area contributed by atoms with Crippen LogP contribution in [0.25, 0.3) is 21.6 Å². The number of unbranched alkanes of at least 4 members (excludes halogenated alkanes) is 2. The van der Waals surface area contributed by atoms with Crippen molar-refractivity contribution in [1.82, 2.24) is 83.8 Å². The fourth-order valence-electron chi connectivity index (χ4n) is 10.5. The van der Waals surface area contributed by atoms with E-state index in [-0.39, 0.29) is 30.8 Å². The Hall–Kier alpha value is -11.5. The summed E-state index contributed by atoms with van der Waals surface area (Å²) in [7, 11) is 0. The van der Waals surface area contributed by atoms with E-state index in [0.717, 1.165) is 50.5 Å². The number of rotatable bonds is 44. The number of aromatic amines is 2. The van der Waals surface area contributed by atoms with Gasteiger partial charge in [0, 0.05) is 55.6 Å². The number of nitrogens with two attached hydrogens (primary N) is 1. The zero-order valence-corrected chi connectivity index (χ0v) is 59.5. The van der Waals surface area contributed by atoms with Crippen LogP contribution in [0.2, 0.25) is 0 Å². The Bertz CT molecular complexity index is 3850. The third-order valence-corrected chi connectivity index (χ3v) is 16.8. The van der Waals surface area contributed by atoms with Crippen LogP contribution in [0.3, 0.4) is 0 Å². The van der Waals surface area contributed by atoms with Crippen LogP contribution in [0, 0.1) is 11.2 Å². The van der Waals surface area contributed by atoms with Crippen LogP contribution in [-0.2, 0) is 89.6 Å². The maximum atomic E-state index is 15.5. The number of carboxylic acid groups (broad SMARTS) is 1. The monoisotopic (exact) mass is 1460 g/mol. The lowest BCUT2D eigenvalue weighted by molar-refractivity contribution is -0.143. The molecule has 36 nitrogen and oxygen atoms in total. The van der Waals surface area contributed by atoms with Gasteiger partial charge in [-0.2, -0.15) is 5.21 Å². The first kappa shape index (κ1) is 84.2. The van der Waals surface area contributed by atoms with Crippen LogP contribution in [0.4, 0.5) is 4.39 Å². The quantitative estimate of drug-likeness (QED) is 0.00768. The Morgan fingerprint density at radius 2 is 1.38 bits per heavy atom. The summed E-state index contributed by atoms with van der Waals surface area (Å²) < 4.78 is 21.4. The number of primary amides is 1. The second kappa shape index (κ2) is 41.0. The summed E-state index contributed by atoms with van der Waals surface area (Å²) in [4.78, 5) is 174. The Labute approximate surface area is 603 Å². The number of tetrazole rings is 1. The Kier molecular flexibility index (Phi) is 32.9. The van der Waals surface area contributed by atoms with Crippen LogP contribution in [0.15, 0.2) is 84.4 Å². The van der Waals surface area contributed by atoms with Gasteiger partial charge in [0.25, 0.3) is 0 Å². The summed E-state index contributed by atoms with van der Waals surface area (Å²) in [6.07, 6.45) is 0.658. The summed E-state index contributed by atoms with van der Waals surface area (Å²) >= 11 is 0. The molecule has 0 aliphatic rings. The molecule has 0 unspecified atom stereocenters. The predicted molar refractivity (Wildman–Crippen MR) is 374 cm³/mol. The number of carbonyl (C=O) groups is 12. The van der Waals surface area contributed by atoms with Crippen molar-refractivity contribution in [3.05, 3.63) is 124 Å². The molecule has 0 radical (unpaired) electrons. The Morgan fingerprint density at radius 3 is 2.00 bits per heavy atom. The minimum atomic E-state index is -2.35. The summed E-state index contributed by atoms with van der Waals surface area (Å²) in [5, 5.41) is 72.7. The molecule has 2 heterocycles. The number of aliphatic hydroxyl groups is 2. The van der Waals surface area contributed by atoms with Crippen LogP contribution in [-0.4, -0.2) is 203 Å². The van der Waals surface area contributed by atoms with Crippen molar-refractivity contribution in [1.29, 1.82) is 0 Å². The number of azide groups is 1. The summed E-state index contributed by atoms with van der Waals surface area (Å²) in [6.45, 7) is 10.8. The lowest BCUT2D eigenvalue weighted by atomic mass is 9.90. The molecule has 11 amide bonds. The van der Waals surface area contributed by atoms with Gasteiger partial charge in [-0.1, -0.05) is 85.5 Å². The Balaban J connectivity index is 1.29. The second-order valence-electron chi connectivity index (χ2n) is 25.7. The highest BCUT2D eigenvalue weighted by Gasteiger charge is 2.43. The van der Waals surface area contributed by atoms with Crippen molar-refractivity contribution in [2.24, 2.45) is 16.3 Å². The number of hydrogen-bond donors (Lipinski definition) is 16. The summed E-state index contributed by atoms with van der Waals surface area (Å²) in [5.74, 6) is -13.5. The van der Waals surface area contributed by atoms with E-state index in [4.69, 9.17) is 16.0 Å². The molecule has 0 aliphatic heterocycles. The van der Waals surface area contributed by atoms with Crippen molar-refractivity contribution in [2.75, 3.05) is 26.2 Å². The minimum Gasteiger partial charge on any atom is -0.494 e. The first-order valence-corrected chi connectivity index (χ1v) is 34.0. The van der Waals surface area contributed by atoms with Crippen molar-refractivity contribution in [3.63, 3.8) is 0 Å². The van der Waals surface area contributed by atoms with Crippen LogP contribution in [0.1, 0.15) is 122 Å². The number of carbonyl (C=O) groups excluding carboxylic acids is 11. The van der Waals surface area contributed by atoms with Crippen molar-refractivity contribution < 1.29 is 82.0 Å². The molecule has 5 rings (SSSR count). The molecular formula is C68H93FN20O16. The van der Waals surface area contributed by atoms with Crippen LogP contribution in [0.5, 0.6) is 5.75 Å². The smallest absolute Gasteiger partial charge is 0.305 e. The molecule has 0 saturated heterocycles. The van der Waals surface area contributed by atoms with E-state index < -0.39 is 168 Å². The van der Waals surface area contributed by atoms with Gasteiger partial charge in [0.15, 0.2) is 5.82 Å². The normalized spacial score (nSPS) is 14.3. The van der Waals surface area contributed by atoms with Gasteiger partial charge in [0.05, 0.1) is 38.1 Å². The number of H-pyrrole nitrogens is 2. The van der Waals surface area contributed by atoms with E-state index in [1.807, 2.05) is 32.0 Å². The molecule has 0 saturated carbocycles. The number of aliphatic hydroxyl groups excluding tert-OH is 2. The molecule has 0 spiro atoms. The minimum absolute atomic E-state index is 0.0572. The van der Waals surface area contributed by atoms with Crippen molar-refractivity contribution in [2.45, 2.75) is 186 Å². The number of nitrogens with one attached hydrogen (secondary N) is 12. The second-order valence-corrected chi connectivity index (χ2v) is 25.7. The van der Waals surface area contributed by atoms with Gasteiger partial charge < -0.3 is 83.9 Å². The molecule has 17 N–H and O–H groups in total. The number of imidazole rings is 1. The lowest BCUT2D eigenvalue weighted by Gasteiger charge is -2.34. The van der Waals surface area contributed by atoms with E-state index in [0.29, 0.717) is 68.7 Å². The first-order valence-electron chi connectivity index (χ1n) is 34.0. The highest BCUT2D eigenvalue weighted by atomic mass is 19.1. The fraction of sp³-hybridized carbons (Fsp3) is 0.500. The zero-order chi connectivity index (χ0) is 77.6. The number of amides is 11. The van der Waals surface area contributed by atoms with Crippen molar-refractivity contribution in [3.8, 4) is 16.9 Å². The number of aliphatic carboxylic acids is 1. The van der Waals surface area contributed by atoms with Gasteiger partial charge >= 0.3 is 5.97 Å². The van der Waals surface area contributed by atoms with E-state index in [2.05, 4.69) is 93.8 Å². The summed E-state index contributed by atoms with van der Waals surface area (Å²) in [6, 6.07) is 5.88. The van der Waals surface area contributed by atoms with E-state index >= 15 is 4.39 Å². The fourth-order valence-corrected chi connectivity index (χ4v) is 10.5. The number of carboxylic acids is 1. The average Bonchev–Trinajstić information content (AvgIpc) is 1.63. The summed E-state index contributed by atoms with van der Waals surface area (Å²) in [5.41, 5.74) is 13.8. The molecule has 10 atom stereocenters. The predicted octanol–water partition coefficient (Wildman–Crippen LogP) is -0.510. The largest absolute Gasteiger partial charge is 0.494 e. The number of aromatic nitrogens is 6. The molecule has 0 aliphatic carbocycles. The average molecular weight is 1470 g/mol. The van der Waals surface area contributed by atoms with Crippen molar-refractivity contribution >= 4 is 70.9 Å². The highest BCUT2D eigenvalue weighted by Crippen LogP contribution is 2.29. The topological polar surface area (TPSA) is 553 Å². The molecular weight excluding hydrogens is 1370 g/mol. The molecule has 3 aromatic carbocycles. The van der Waals surface area contributed by atoms with Crippen LogP contribution < -0.4 is 63.6 Å². The number of benzene rings is 3. The molecule has 37 heteroatoms. The van der Waals surface area contributed by atoms with Gasteiger partial charge in [-0.25, -0.2) is 9.37 Å². The SMILES string of the molecule is CCCC[C@H](NC(=O)[C@H](Cc1ccc(-c2ccc(OCCCCN=[N+]=[N-])cc2CC)cc1)NC(=O)[C@H](CC(=O)O)NC(=O)[C@H](C)NC(=O)[C@@H](NC(=O)[C@](C)(Cc1ccccc1F)NC(=O)[C@@H](NC(=O)CNC(=O)[C@H](Cc1nn[nH]n1)NC(=O)C(C)(C)C(=O)NCCc1cnc[nH]1)[C@@H](C)O)[C@@H](C)O)C(N)=O. The van der Waals surface area contributed by atoms with Gasteiger partial charge in [-0.3, -0.25) is 57.5 Å². The van der Waals surface area contributed by atoms with Crippen LogP contribution >= 0.6 is 0 Å². The van der Waals surface area contributed by atoms with E-state index in [1.165, 1.54) is 38.4 Å². The molecule has 0 bridgehead atoms. The first-order chi connectivity index (χ1) is 49.8. The lowest BCUT2D eigenvalue weighted by Crippen LogP contribution is -2.66. The number of hydrogen-bond acceptors (Lipinski definition) is 20. The molecule has 2 aromatic heterocycles. The van der Waals surface area contributed by atoms with Gasteiger partial charge in [-0.05, 0) is 119 Å². The maximum Gasteiger partial charge on any atom is 0.305 e. The third-order valence-electron chi connectivity index (χ3n) is 16.8. The number of ether oxygens (including phenoxy) is 1. The van der Waals surface area contributed by atoms with Gasteiger partial charge in [-0.15, -0.1) is 10.2 Å². The van der Waals surface area contributed by atoms with E-state index in [9.17, 15) is 72.9 Å². The Morgan fingerprint density at radius 1 is 0.714 bits per heavy atom. The standard InChI is InChI=1S/C68H93FN20O16/c1-9-11-18-48(57(70)95)78-60(98)49(29-40-19-21-42(22-20-40)46-24-23-45(30-41(46)10-2)105-28-15-14-26-76-87-71)80-61(99)51(32-54(93)94)79-58(96)37(3)77-62(100)55(38(4)90)83-66(104)68(8,33-43-16-12-13-17-47(43)69)84-63(101)56(39(5)91)82-53(92)35-74-59(97)50(31-52-85-88-89-86-52)81-65(103)67(6,7)64(102)73-27-25-44-34-72-36-75-44/h12-13,16-17,19-24,30,34,36-39,48-51,55-56,90-91H,9-11,14-15,18,25-29,31-33,35H2,1-8H3,(H2,70,95)(H,72,75)(H,73,102)(H,74,97)(H,77,100)(H,78,98)(H,79,96)(H,80,99)(H,81,103)(H,82,92)(H,83,104)(H,84,101)(H,93,94)(H,85,86,88,89)/t37-,38+,39+,48-,49-,50-,51-,55-,56-,68-/m0/s1. The van der Waals surface area contributed by atoms with Gasteiger partial charge in [0.2, 0.25) is 65.0 Å². The number of aryl methyl sites for hydroxylation is 1. The van der Waals surface area contributed by atoms with Gasteiger partial charge in [0.1, 0.15) is 64.8 Å². The maximum absolute atomic E-state index is 15.5. The molecule has 568 valence electrons. The molecule has 0 fully saturated rings.